The van der Waals surface area contributed by atoms with E-state index in [0.29, 0.717) is 6.54 Å². The minimum Gasteiger partial charge on any atom is -0.507 e. The number of benzene rings is 1. The van der Waals surface area contributed by atoms with Crippen LogP contribution in [0.5, 0.6) is 5.75 Å². The van der Waals surface area contributed by atoms with E-state index in [9.17, 15) is 14.3 Å². The van der Waals surface area contributed by atoms with E-state index in [2.05, 4.69) is 5.32 Å². The summed E-state index contributed by atoms with van der Waals surface area (Å²) in [5.74, 6) is -0.979. The number of halogens is 1. The van der Waals surface area contributed by atoms with Crippen LogP contribution in [0.3, 0.4) is 0 Å². The number of aromatic hydroxyl groups is 1. The largest absolute Gasteiger partial charge is 0.507 e. The van der Waals surface area contributed by atoms with Crippen LogP contribution in [0, 0.1) is 5.82 Å². The van der Waals surface area contributed by atoms with Crippen molar-refractivity contribution in [2.24, 2.45) is 0 Å². The lowest BCUT2D eigenvalue weighted by Crippen LogP contribution is -2.46. The fourth-order valence-corrected chi connectivity index (χ4v) is 2.52. The molecule has 104 valence electrons. The van der Waals surface area contributed by atoms with Crippen molar-refractivity contribution >= 4 is 5.91 Å². The predicted octanol–water partition coefficient (Wildman–Crippen LogP) is 1.75. The molecular weight excluding hydrogens is 247 g/mol. The van der Waals surface area contributed by atoms with E-state index in [1.807, 2.05) is 6.92 Å². The zero-order chi connectivity index (χ0) is 13.8. The number of nitrogens with one attached hydrogen (secondary N) is 1. The van der Waals surface area contributed by atoms with Crippen molar-refractivity contribution in [1.82, 2.24) is 10.2 Å². The molecule has 1 amide bonds. The lowest BCUT2D eigenvalue weighted by Gasteiger charge is -2.34. The summed E-state index contributed by atoms with van der Waals surface area (Å²) in [5, 5.41) is 13.0. The Morgan fingerprint density at radius 2 is 2.16 bits per heavy atom. The van der Waals surface area contributed by atoms with Crippen LogP contribution < -0.4 is 5.32 Å². The first-order valence-corrected chi connectivity index (χ1v) is 6.63. The van der Waals surface area contributed by atoms with Gasteiger partial charge < -0.3 is 15.3 Å². The third-order valence-corrected chi connectivity index (χ3v) is 3.54. The van der Waals surface area contributed by atoms with E-state index in [0.717, 1.165) is 38.1 Å². The van der Waals surface area contributed by atoms with Crippen LogP contribution in [0.1, 0.15) is 30.1 Å². The molecule has 1 aliphatic heterocycles. The Kier molecular flexibility index (Phi) is 4.37. The molecule has 1 heterocycles. The van der Waals surface area contributed by atoms with Crippen LogP contribution in [-0.4, -0.2) is 41.6 Å². The van der Waals surface area contributed by atoms with E-state index in [1.54, 1.807) is 4.90 Å². The first kappa shape index (κ1) is 13.8. The molecule has 4 nitrogen and oxygen atoms in total. The van der Waals surface area contributed by atoms with E-state index < -0.39 is 5.82 Å². The molecule has 0 aliphatic carbocycles. The van der Waals surface area contributed by atoms with Crippen LogP contribution in [0.15, 0.2) is 18.2 Å². The van der Waals surface area contributed by atoms with Crippen molar-refractivity contribution in [1.29, 1.82) is 0 Å². The molecule has 1 saturated heterocycles. The van der Waals surface area contributed by atoms with Crippen LogP contribution in [0.25, 0.3) is 0 Å². The van der Waals surface area contributed by atoms with Crippen molar-refractivity contribution < 1.29 is 14.3 Å². The van der Waals surface area contributed by atoms with Gasteiger partial charge in [-0.05, 0) is 51.1 Å². The van der Waals surface area contributed by atoms with Crippen molar-refractivity contribution in [3.05, 3.63) is 29.6 Å². The zero-order valence-corrected chi connectivity index (χ0v) is 11.0. The van der Waals surface area contributed by atoms with Gasteiger partial charge in [-0.2, -0.15) is 0 Å². The van der Waals surface area contributed by atoms with Crippen molar-refractivity contribution in [3.63, 3.8) is 0 Å². The number of phenols is 1. The summed E-state index contributed by atoms with van der Waals surface area (Å²) < 4.78 is 13.2. The Bertz CT molecular complexity index is 459. The van der Waals surface area contributed by atoms with Crippen LogP contribution in [0.4, 0.5) is 4.39 Å². The van der Waals surface area contributed by atoms with Crippen molar-refractivity contribution in [2.75, 3.05) is 19.6 Å². The van der Waals surface area contributed by atoms with Gasteiger partial charge >= 0.3 is 0 Å². The highest BCUT2D eigenvalue weighted by Crippen LogP contribution is 2.22. The SMILES string of the molecule is CCN(C(=O)c1cc(F)ccc1O)C1CCNCC1. The summed E-state index contributed by atoms with van der Waals surface area (Å²) in [4.78, 5) is 14.1. The lowest BCUT2D eigenvalue weighted by molar-refractivity contribution is 0.0652. The molecule has 19 heavy (non-hydrogen) atoms. The number of hydrogen-bond acceptors (Lipinski definition) is 3. The molecule has 0 saturated carbocycles. The average molecular weight is 266 g/mol. The van der Waals surface area contributed by atoms with Crippen LogP contribution in [-0.2, 0) is 0 Å². The maximum Gasteiger partial charge on any atom is 0.257 e. The molecule has 0 unspecified atom stereocenters. The summed E-state index contributed by atoms with van der Waals surface area (Å²) in [6.45, 7) is 4.21. The minimum atomic E-state index is -0.512. The molecule has 0 spiro atoms. The van der Waals surface area contributed by atoms with Crippen molar-refractivity contribution in [2.45, 2.75) is 25.8 Å². The molecule has 5 heteroatoms. The van der Waals surface area contributed by atoms with E-state index >= 15 is 0 Å². The summed E-state index contributed by atoms with van der Waals surface area (Å²) in [6.07, 6.45) is 1.77. The van der Waals surface area contributed by atoms with Gasteiger partial charge in [0, 0.05) is 12.6 Å². The molecular formula is C14H19FN2O2. The second-order valence-electron chi connectivity index (χ2n) is 4.73. The van der Waals surface area contributed by atoms with Gasteiger partial charge in [0.05, 0.1) is 5.56 Å². The standard InChI is InChI=1S/C14H19FN2O2/c1-2-17(11-5-7-16-8-6-11)14(19)12-9-10(15)3-4-13(12)18/h3-4,9,11,16,18H,2,5-8H2,1H3. The van der Waals surface area contributed by atoms with E-state index in [4.69, 9.17) is 0 Å². The number of rotatable bonds is 3. The number of carbonyl (C=O) groups excluding carboxylic acids is 1. The predicted molar refractivity (Wildman–Crippen MR) is 70.7 cm³/mol. The van der Waals surface area contributed by atoms with Gasteiger partial charge in [0.15, 0.2) is 0 Å². The number of amides is 1. The number of nitrogens with zero attached hydrogens (tertiary/aromatic N) is 1. The summed E-state index contributed by atoms with van der Waals surface area (Å²) in [6, 6.07) is 3.62. The topological polar surface area (TPSA) is 52.6 Å². The van der Waals surface area contributed by atoms with Gasteiger partial charge in [0.25, 0.3) is 5.91 Å². The van der Waals surface area contributed by atoms with Crippen LogP contribution >= 0.6 is 0 Å². The molecule has 2 N–H and O–H groups in total. The highest BCUT2D eigenvalue weighted by atomic mass is 19.1. The molecule has 0 bridgehead atoms. The fourth-order valence-electron chi connectivity index (χ4n) is 2.52. The van der Waals surface area contributed by atoms with Gasteiger partial charge in [-0.1, -0.05) is 0 Å². The Balaban J connectivity index is 2.22. The zero-order valence-electron chi connectivity index (χ0n) is 11.0. The van der Waals surface area contributed by atoms with Gasteiger partial charge in [-0.25, -0.2) is 4.39 Å². The summed E-state index contributed by atoms with van der Waals surface area (Å²) in [5.41, 5.74) is 0.0420. The Morgan fingerprint density at radius 3 is 2.79 bits per heavy atom. The molecule has 1 fully saturated rings. The van der Waals surface area contributed by atoms with E-state index in [1.165, 1.54) is 6.07 Å². The minimum absolute atomic E-state index is 0.0420. The Hall–Kier alpha value is -1.62. The second kappa shape index (κ2) is 6.02. The number of carbonyl (C=O) groups is 1. The second-order valence-corrected chi connectivity index (χ2v) is 4.73. The fraction of sp³-hybridized carbons (Fsp3) is 0.500. The number of piperidine rings is 1. The lowest BCUT2D eigenvalue weighted by atomic mass is 10.0. The molecule has 0 radical (unpaired) electrons. The van der Waals surface area contributed by atoms with Gasteiger partial charge in [0.2, 0.25) is 0 Å². The third kappa shape index (κ3) is 3.04. The van der Waals surface area contributed by atoms with Crippen molar-refractivity contribution in [3.8, 4) is 5.75 Å². The van der Waals surface area contributed by atoms with Gasteiger partial charge in [-0.15, -0.1) is 0 Å². The van der Waals surface area contributed by atoms with Gasteiger partial charge in [-0.3, -0.25) is 4.79 Å². The first-order valence-electron chi connectivity index (χ1n) is 6.63. The molecule has 1 aromatic carbocycles. The highest BCUT2D eigenvalue weighted by Gasteiger charge is 2.26. The Morgan fingerprint density at radius 1 is 1.47 bits per heavy atom. The quantitative estimate of drug-likeness (QED) is 0.876. The number of hydrogen-bond donors (Lipinski definition) is 2. The first-order chi connectivity index (χ1) is 9.13. The van der Waals surface area contributed by atoms with E-state index in [-0.39, 0.29) is 23.3 Å². The monoisotopic (exact) mass is 266 g/mol. The highest BCUT2D eigenvalue weighted by molar-refractivity contribution is 5.97. The normalized spacial score (nSPS) is 16.3. The molecule has 1 aliphatic rings. The van der Waals surface area contributed by atoms with Gasteiger partial charge in [0.1, 0.15) is 11.6 Å². The summed E-state index contributed by atoms with van der Waals surface area (Å²) >= 11 is 0. The average Bonchev–Trinajstić information content (AvgIpc) is 2.43. The third-order valence-electron chi connectivity index (χ3n) is 3.54. The molecule has 2 rings (SSSR count). The molecule has 0 atom stereocenters. The Labute approximate surface area is 112 Å². The van der Waals surface area contributed by atoms with Crippen LogP contribution in [0.2, 0.25) is 0 Å². The maximum absolute atomic E-state index is 13.2. The smallest absolute Gasteiger partial charge is 0.257 e. The molecule has 0 aromatic heterocycles. The molecule has 1 aromatic rings. The number of phenolic OH excluding ortho intramolecular Hbond substituents is 1. The maximum atomic E-state index is 13.2. The summed E-state index contributed by atoms with van der Waals surface area (Å²) in [7, 11) is 0.